The molecule has 0 amide bonds. The van der Waals surface area contributed by atoms with Crippen LogP contribution in [0.2, 0.25) is 0 Å². The molecule has 4 heterocycles. The lowest BCUT2D eigenvalue weighted by Gasteiger charge is -2.30. The standard InChI is InChI=1S/C24H22F4N6/c25-16-9-14-3-5-19(30-21(14)18(10-16)13-1-2-13)23-32-31-20-6-4-15(11-34(20)23)22(24(26,27)28)33-8-7-17(29)12-33/h3-6,9-11,13,17,22H,1-2,7-8,12,29H2/t17?,22-/m1/s1. The fraction of sp³-hybridized carbons (Fsp3) is 0.375. The summed E-state index contributed by atoms with van der Waals surface area (Å²) in [6.45, 7) is 0.467. The first-order valence-corrected chi connectivity index (χ1v) is 11.3. The number of hydrogen-bond acceptors (Lipinski definition) is 5. The summed E-state index contributed by atoms with van der Waals surface area (Å²) in [5, 5.41) is 9.03. The topological polar surface area (TPSA) is 72.3 Å². The second kappa shape index (κ2) is 7.71. The fourth-order valence-corrected chi connectivity index (χ4v) is 4.96. The van der Waals surface area contributed by atoms with Crippen molar-refractivity contribution in [3.8, 4) is 11.5 Å². The minimum absolute atomic E-state index is 0.0941. The Morgan fingerprint density at radius 1 is 1.03 bits per heavy atom. The summed E-state index contributed by atoms with van der Waals surface area (Å²) in [7, 11) is 0. The summed E-state index contributed by atoms with van der Waals surface area (Å²) in [6.07, 6.45) is -0.527. The van der Waals surface area contributed by atoms with Crippen LogP contribution in [0.3, 0.4) is 0 Å². The van der Waals surface area contributed by atoms with Gasteiger partial charge < -0.3 is 5.73 Å². The van der Waals surface area contributed by atoms with E-state index in [1.54, 1.807) is 16.5 Å². The Hall–Kier alpha value is -3.11. The molecule has 1 unspecified atom stereocenters. The first-order valence-electron chi connectivity index (χ1n) is 11.3. The van der Waals surface area contributed by atoms with E-state index in [2.05, 4.69) is 10.2 Å². The molecule has 10 heteroatoms. The van der Waals surface area contributed by atoms with Crippen molar-refractivity contribution >= 4 is 16.6 Å². The number of nitrogens with two attached hydrogens (primary N) is 1. The minimum Gasteiger partial charge on any atom is -0.326 e. The van der Waals surface area contributed by atoms with Gasteiger partial charge in [-0.25, -0.2) is 9.37 Å². The Balaban J connectivity index is 1.46. The smallest absolute Gasteiger partial charge is 0.326 e. The van der Waals surface area contributed by atoms with Gasteiger partial charge in [0.25, 0.3) is 0 Å². The highest BCUT2D eigenvalue weighted by Crippen LogP contribution is 2.43. The van der Waals surface area contributed by atoms with Crippen molar-refractivity contribution in [1.29, 1.82) is 0 Å². The van der Waals surface area contributed by atoms with Gasteiger partial charge in [-0.15, -0.1) is 10.2 Å². The molecule has 1 saturated heterocycles. The minimum atomic E-state index is -4.46. The highest BCUT2D eigenvalue weighted by molar-refractivity contribution is 5.85. The fourth-order valence-electron chi connectivity index (χ4n) is 4.96. The van der Waals surface area contributed by atoms with Crippen LogP contribution in [-0.4, -0.2) is 49.8 Å². The molecule has 4 aromatic rings. The molecule has 2 aliphatic rings. The van der Waals surface area contributed by atoms with Crippen LogP contribution in [-0.2, 0) is 0 Å². The average Bonchev–Trinajstić information content (AvgIpc) is 3.42. The molecule has 6 nitrogen and oxygen atoms in total. The van der Waals surface area contributed by atoms with Crippen molar-refractivity contribution in [2.24, 2.45) is 5.73 Å². The van der Waals surface area contributed by atoms with Crippen molar-refractivity contribution in [2.45, 2.75) is 43.4 Å². The highest BCUT2D eigenvalue weighted by atomic mass is 19.4. The van der Waals surface area contributed by atoms with Crippen LogP contribution in [0.4, 0.5) is 17.6 Å². The molecule has 2 fully saturated rings. The number of benzene rings is 1. The molecule has 1 saturated carbocycles. The number of nitrogens with zero attached hydrogens (tertiary/aromatic N) is 5. The summed E-state index contributed by atoms with van der Waals surface area (Å²) in [6, 6.07) is 7.35. The number of pyridine rings is 2. The van der Waals surface area contributed by atoms with Crippen molar-refractivity contribution in [3.63, 3.8) is 0 Å². The maximum absolute atomic E-state index is 14.1. The van der Waals surface area contributed by atoms with Crippen LogP contribution >= 0.6 is 0 Å². The van der Waals surface area contributed by atoms with Crippen molar-refractivity contribution in [2.75, 3.05) is 13.1 Å². The Morgan fingerprint density at radius 2 is 1.85 bits per heavy atom. The summed E-state index contributed by atoms with van der Waals surface area (Å²) < 4.78 is 57.9. The normalized spacial score (nSPS) is 20.4. The van der Waals surface area contributed by atoms with Crippen LogP contribution in [0.25, 0.3) is 28.1 Å². The Morgan fingerprint density at radius 3 is 2.56 bits per heavy atom. The molecule has 0 radical (unpaired) electrons. The van der Waals surface area contributed by atoms with Gasteiger partial charge in [-0.1, -0.05) is 12.1 Å². The number of fused-ring (bicyclic) bond motifs is 2. The quantitative estimate of drug-likeness (QED) is 0.442. The third-order valence-corrected chi connectivity index (χ3v) is 6.71. The van der Waals surface area contributed by atoms with Crippen LogP contribution in [0, 0.1) is 5.82 Å². The van der Waals surface area contributed by atoms with Gasteiger partial charge in [-0.2, -0.15) is 13.2 Å². The molecule has 2 N–H and O–H groups in total. The van der Waals surface area contributed by atoms with E-state index in [0.717, 1.165) is 18.4 Å². The van der Waals surface area contributed by atoms with Gasteiger partial charge in [0, 0.05) is 30.7 Å². The summed E-state index contributed by atoms with van der Waals surface area (Å²) in [5.41, 5.74) is 8.41. The number of hydrogen-bond donors (Lipinski definition) is 1. The van der Waals surface area contributed by atoms with Crippen LogP contribution in [0.5, 0.6) is 0 Å². The van der Waals surface area contributed by atoms with E-state index in [1.165, 1.54) is 35.4 Å². The first kappa shape index (κ1) is 21.4. The van der Waals surface area contributed by atoms with E-state index in [-0.39, 0.29) is 36.4 Å². The van der Waals surface area contributed by atoms with Gasteiger partial charge in [-0.05, 0) is 60.6 Å². The molecular weight excluding hydrogens is 448 g/mol. The number of rotatable bonds is 4. The molecule has 6 rings (SSSR count). The van der Waals surface area contributed by atoms with E-state index in [1.807, 2.05) is 0 Å². The lowest BCUT2D eigenvalue weighted by Crippen LogP contribution is -2.38. The van der Waals surface area contributed by atoms with E-state index >= 15 is 0 Å². The molecule has 176 valence electrons. The van der Waals surface area contributed by atoms with E-state index < -0.39 is 12.2 Å². The molecule has 2 atom stereocenters. The molecular formula is C24H22F4N6. The number of aromatic nitrogens is 4. The third kappa shape index (κ3) is 3.70. The maximum atomic E-state index is 14.1. The highest BCUT2D eigenvalue weighted by Gasteiger charge is 2.46. The van der Waals surface area contributed by atoms with Crippen LogP contribution in [0.1, 0.15) is 42.3 Å². The Kier molecular flexibility index (Phi) is 4.86. The second-order valence-corrected chi connectivity index (χ2v) is 9.24. The van der Waals surface area contributed by atoms with Gasteiger partial charge >= 0.3 is 6.18 Å². The zero-order valence-electron chi connectivity index (χ0n) is 18.1. The van der Waals surface area contributed by atoms with Gasteiger partial charge in [-0.3, -0.25) is 9.30 Å². The second-order valence-electron chi connectivity index (χ2n) is 9.24. The van der Waals surface area contributed by atoms with Crippen molar-refractivity contribution in [3.05, 3.63) is 59.5 Å². The monoisotopic (exact) mass is 470 g/mol. The lowest BCUT2D eigenvalue weighted by atomic mass is 10.0. The third-order valence-electron chi connectivity index (χ3n) is 6.71. The van der Waals surface area contributed by atoms with Crippen molar-refractivity contribution < 1.29 is 17.6 Å². The first-order chi connectivity index (χ1) is 16.3. The average molecular weight is 470 g/mol. The zero-order chi connectivity index (χ0) is 23.6. The molecule has 3 aromatic heterocycles. The number of halogens is 4. The summed E-state index contributed by atoms with van der Waals surface area (Å²) in [5.74, 6) is 0.312. The lowest BCUT2D eigenvalue weighted by molar-refractivity contribution is -0.183. The predicted molar refractivity (Wildman–Crippen MR) is 119 cm³/mol. The number of likely N-dealkylation sites (tertiary alicyclic amines) is 1. The molecule has 1 aliphatic heterocycles. The number of alkyl halides is 3. The van der Waals surface area contributed by atoms with E-state index in [0.29, 0.717) is 34.5 Å². The summed E-state index contributed by atoms with van der Waals surface area (Å²) >= 11 is 0. The van der Waals surface area contributed by atoms with E-state index in [4.69, 9.17) is 10.7 Å². The van der Waals surface area contributed by atoms with Crippen LogP contribution in [0.15, 0.2) is 42.6 Å². The zero-order valence-corrected chi connectivity index (χ0v) is 18.1. The molecule has 1 aromatic carbocycles. The maximum Gasteiger partial charge on any atom is 0.408 e. The predicted octanol–water partition coefficient (Wildman–Crippen LogP) is 4.60. The molecule has 34 heavy (non-hydrogen) atoms. The Labute approximate surface area is 192 Å². The molecule has 0 bridgehead atoms. The largest absolute Gasteiger partial charge is 0.408 e. The molecule has 1 aliphatic carbocycles. The van der Waals surface area contributed by atoms with Crippen molar-refractivity contribution in [1.82, 2.24) is 24.5 Å². The van der Waals surface area contributed by atoms with Gasteiger partial charge in [0.05, 0.1) is 5.52 Å². The van der Waals surface area contributed by atoms with Gasteiger partial charge in [0.15, 0.2) is 11.5 Å². The molecule has 0 spiro atoms. The Bertz CT molecular complexity index is 1390. The van der Waals surface area contributed by atoms with Gasteiger partial charge in [0.2, 0.25) is 0 Å². The SMILES string of the molecule is NC1CCN([C@H](c2ccc3nnc(-c4ccc5cc(F)cc(C6CC6)c5n4)n3c2)C(F)(F)F)C1. The summed E-state index contributed by atoms with van der Waals surface area (Å²) in [4.78, 5) is 6.12. The van der Waals surface area contributed by atoms with E-state index in [9.17, 15) is 17.6 Å². The van der Waals surface area contributed by atoms with Gasteiger partial charge in [0.1, 0.15) is 17.6 Å². The van der Waals surface area contributed by atoms with Crippen LogP contribution < -0.4 is 5.73 Å².